The predicted molar refractivity (Wildman–Crippen MR) is 85.4 cm³/mol. The first-order chi connectivity index (χ1) is 9.41. The fourth-order valence-electron chi connectivity index (χ4n) is 2.12. The number of allylic oxidation sites excluding steroid dienone is 4. The fraction of sp³-hybridized carbons (Fsp3) is 0.722. The molecule has 0 rings (SSSR count). The quantitative estimate of drug-likeness (QED) is 0.163. The Labute approximate surface area is 120 Å². The van der Waals surface area contributed by atoms with Crippen LogP contribution in [0.2, 0.25) is 0 Å². The highest BCUT2D eigenvalue weighted by molar-refractivity contribution is 5.64. The number of carbonyl (C=O) groups excluding carboxylic acids is 1. The molecule has 0 aromatic rings. The van der Waals surface area contributed by atoms with Crippen molar-refractivity contribution >= 4 is 6.29 Å². The van der Waals surface area contributed by atoms with E-state index in [4.69, 9.17) is 0 Å². The Morgan fingerprint density at radius 3 is 1.63 bits per heavy atom. The molecule has 0 amide bonds. The maximum atomic E-state index is 10.0. The van der Waals surface area contributed by atoms with Gasteiger partial charge in [0.2, 0.25) is 0 Å². The molecule has 19 heavy (non-hydrogen) atoms. The van der Waals surface area contributed by atoms with Gasteiger partial charge in [0.25, 0.3) is 0 Å². The summed E-state index contributed by atoms with van der Waals surface area (Å²) in [6.07, 6.45) is 24.7. The van der Waals surface area contributed by atoms with Crippen LogP contribution >= 0.6 is 0 Å². The van der Waals surface area contributed by atoms with Crippen molar-refractivity contribution in [1.29, 1.82) is 0 Å². The molecule has 0 aromatic carbocycles. The molecule has 1 nitrogen and oxygen atoms in total. The van der Waals surface area contributed by atoms with Crippen LogP contribution in [0.4, 0.5) is 0 Å². The van der Waals surface area contributed by atoms with Gasteiger partial charge >= 0.3 is 0 Å². The normalized spacial score (nSPS) is 11.6. The highest BCUT2D eigenvalue weighted by Crippen LogP contribution is 2.10. The molecule has 1 heteroatoms. The monoisotopic (exact) mass is 264 g/mol. The minimum absolute atomic E-state index is 0.858. The Kier molecular flexibility index (Phi) is 16.4. The van der Waals surface area contributed by atoms with E-state index in [1.54, 1.807) is 6.08 Å². The summed E-state index contributed by atoms with van der Waals surface area (Å²) in [5, 5.41) is 0. The van der Waals surface area contributed by atoms with Crippen LogP contribution in [0.5, 0.6) is 0 Å². The highest BCUT2D eigenvalue weighted by Gasteiger charge is 1.90. The Balaban J connectivity index is 3.04. The van der Waals surface area contributed by atoms with E-state index >= 15 is 0 Å². The zero-order valence-electron chi connectivity index (χ0n) is 12.8. The van der Waals surface area contributed by atoms with Crippen LogP contribution in [0, 0.1) is 0 Å². The van der Waals surface area contributed by atoms with Gasteiger partial charge in [-0.05, 0) is 38.2 Å². The fourth-order valence-corrected chi connectivity index (χ4v) is 2.12. The van der Waals surface area contributed by atoms with Crippen molar-refractivity contribution < 1.29 is 4.79 Å². The lowest BCUT2D eigenvalue weighted by Gasteiger charge is -2.00. The van der Waals surface area contributed by atoms with Crippen LogP contribution < -0.4 is 0 Å². The summed E-state index contributed by atoms with van der Waals surface area (Å²) >= 11 is 0. The first-order valence-corrected chi connectivity index (χ1v) is 8.17. The van der Waals surface area contributed by atoms with Gasteiger partial charge in [-0.3, -0.25) is 4.79 Å². The lowest BCUT2D eigenvalue weighted by Crippen LogP contribution is -1.80. The molecule has 0 bridgehead atoms. The van der Waals surface area contributed by atoms with E-state index in [-0.39, 0.29) is 0 Å². The van der Waals surface area contributed by atoms with Gasteiger partial charge in [-0.2, -0.15) is 0 Å². The van der Waals surface area contributed by atoms with E-state index in [2.05, 4.69) is 19.1 Å². The topological polar surface area (TPSA) is 17.1 Å². The highest BCUT2D eigenvalue weighted by atomic mass is 16.1. The molecule has 0 unspecified atom stereocenters. The van der Waals surface area contributed by atoms with E-state index in [0.29, 0.717) is 0 Å². The SMILES string of the molecule is CCCCC=CCCCCCCCCC/C=C/C=O. The van der Waals surface area contributed by atoms with Gasteiger partial charge in [-0.25, -0.2) is 0 Å². The second-order valence-corrected chi connectivity index (χ2v) is 5.23. The van der Waals surface area contributed by atoms with Crippen molar-refractivity contribution in [3.05, 3.63) is 24.3 Å². The van der Waals surface area contributed by atoms with Gasteiger partial charge in [0.05, 0.1) is 0 Å². The minimum Gasteiger partial charge on any atom is -0.299 e. The molecule has 0 radical (unpaired) electrons. The van der Waals surface area contributed by atoms with Crippen LogP contribution in [0.15, 0.2) is 24.3 Å². The number of hydrogen-bond acceptors (Lipinski definition) is 1. The van der Waals surface area contributed by atoms with E-state index in [9.17, 15) is 4.79 Å². The van der Waals surface area contributed by atoms with Gasteiger partial charge < -0.3 is 0 Å². The summed E-state index contributed by atoms with van der Waals surface area (Å²) in [6.45, 7) is 2.24. The van der Waals surface area contributed by atoms with Crippen molar-refractivity contribution in [3.63, 3.8) is 0 Å². The molecule has 0 aliphatic rings. The summed E-state index contributed by atoms with van der Waals surface area (Å²) < 4.78 is 0. The molecule has 0 heterocycles. The Morgan fingerprint density at radius 1 is 0.632 bits per heavy atom. The second-order valence-electron chi connectivity index (χ2n) is 5.23. The number of aldehydes is 1. The standard InChI is InChI=1S/C18H32O/c1-2-3-4-5-6-7-8-9-10-11-12-13-14-15-16-17-18-19/h5-6,16-18H,2-4,7-15H2,1H3/b6-5?,17-16+. The summed E-state index contributed by atoms with van der Waals surface area (Å²) in [5.41, 5.74) is 0. The average molecular weight is 264 g/mol. The first kappa shape index (κ1) is 18.1. The summed E-state index contributed by atoms with van der Waals surface area (Å²) in [5.74, 6) is 0. The molecular formula is C18H32O. The maximum Gasteiger partial charge on any atom is 0.142 e. The number of hydrogen-bond donors (Lipinski definition) is 0. The molecule has 0 atom stereocenters. The zero-order chi connectivity index (χ0) is 14.0. The van der Waals surface area contributed by atoms with Crippen LogP contribution in [0.1, 0.15) is 84.0 Å². The Bertz CT molecular complexity index is 228. The molecule has 110 valence electrons. The van der Waals surface area contributed by atoms with Crippen molar-refractivity contribution in [2.24, 2.45) is 0 Å². The molecule has 0 spiro atoms. The van der Waals surface area contributed by atoms with E-state index < -0.39 is 0 Å². The summed E-state index contributed by atoms with van der Waals surface area (Å²) in [7, 11) is 0. The van der Waals surface area contributed by atoms with E-state index in [1.165, 1.54) is 70.6 Å². The lowest BCUT2D eigenvalue weighted by molar-refractivity contribution is -0.104. The largest absolute Gasteiger partial charge is 0.299 e. The lowest BCUT2D eigenvalue weighted by atomic mass is 10.1. The van der Waals surface area contributed by atoms with E-state index in [1.807, 2.05) is 6.08 Å². The maximum absolute atomic E-state index is 10.0. The molecule has 0 fully saturated rings. The molecule has 0 aliphatic heterocycles. The van der Waals surface area contributed by atoms with Gasteiger partial charge in [0, 0.05) is 0 Å². The number of carbonyl (C=O) groups is 1. The van der Waals surface area contributed by atoms with Crippen LogP contribution in [0.3, 0.4) is 0 Å². The molecule has 0 saturated carbocycles. The van der Waals surface area contributed by atoms with Gasteiger partial charge in [-0.15, -0.1) is 0 Å². The van der Waals surface area contributed by atoms with Crippen molar-refractivity contribution in [3.8, 4) is 0 Å². The second kappa shape index (κ2) is 17.2. The smallest absolute Gasteiger partial charge is 0.142 e. The third-order valence-electron chi connectivity index (χ3n) is 3.35. The van der Waals surface area contributed by atoms with Crippen LogP contribution in [-0.4, -0.2) is 6.29 Å². The van der Waals surface area contributed by atoms with Gasteiger partial charge in [-0.1, -0.05) is 70.1 Å². The summed E-state index contributed by atoms with van der Waals surface area (Å²) in [6, 6.07) is 0. The number of rotatable bonds is 14. The van der Waals surface area contributed by atoms with E-state index in [0.717, 1.165) is 12.7 Å². The van der Waals surface area contributed by atoms with Crippen LogP contribution in [0.25, 0.3) is 0 Å². The third kappa shape index (κ3) is 17.1. The van der Waals surface area contributed by atoms with Gasteiger partial charge in [0.15, 0.2) is 0 Å². The molecule has 0 aromatic heterocycles. The molecule has 0 aliphatic carbocycles. The molecule has 0 N–H and O–H groups in total. The average Bonchev–Trinajstić information content (AvgIpc) is 2.43. The third-order valence-corrected chi connectivity index (χ3v) is 3.35. The zero-order valence-corrected chi connectivity index (χ0v) is 12.8. The van der Waals surface area contributed by atoms with Crippen molar-refractivity contribution in [2.45, 2.75) is 84.0 Å². The predicted octanol–water partition coefficient (Wildman–Crippen LogP) is 6.00. The minimum atomic E-state index is 0.858. The van der Waals surface area contributed by atoms with Crippen LogP contribution in [-0.2, 0) is 4.79 Å². The Morgan fingerprint density at radius 2 is 1.11 bits per heavy atom. The molecule has 0 saturated heterocycles. The molecular weight excluding hydrogens is 232 g/mol. The van der Waals surface area contributed by atoms with Gasteiger partial charge in [0.1, 0.15) is 6.29 Å². The first-order valence-electron chi connectivity index (χ1n) is 8.17. The summed E-state index contributed by atoms with van der Waals surface area (Å²) in [4.78, 5) is 10.0. The number of unbranched alkanes of at least 4 members (excludes halogenated alkanes) is 10. The van der Waals surface area contributed by atoms with Crippen molar-refractivity contribution in [2.75, 3.05) is 0 Å². The Hall–Kier alpha value is -0.850. The van der Waals surface area contributed by atoms with Crippen molar-refractivity contribution in [1.82, 2.24) is 0 Å².